The van der Waals surface area contributed by atoms with Crippen LogP contribution >= 0.6 is 34.5 Å². The van der Waals surface area contributed by atoms with Crippen LogP contribution < -0.4 is 11.3 Å². The molecule has 21 heavy (non-hydrogen) atoms. The van der Waals surface area contributed by atoms with Gasteiger partial charge < -0.3 is 0 Å². The lowest BCUT2D eigenvalue weighted by Gasteiger charge is -2.16. The van der Waals surface area contributed by atoms with E-state index < -0.39 is 0 Å². The molecule has 0 radical (unpaired) electrons. The number of thiophene rings is 1. The summed E-state index contributed by atoms with van der Waals surface area (Å²) < 4.78 is 1.29. The molecule has 6 heteroatoms. The lowest BCUT2D eigenvalue weighted by molar-refractivity contribution is 0.639. The maximum atomic E-state index is 6.23. The Balaban J connectivity index is 2.08. The molecule has 3 nitrogen and oxygen atoms in total. The van der Waals surface area contributed by atoms with Gasteiger partial charge in [0, 0.05) is 16.6 Å². The summed E-state index contributed by atoms with van der Waals surface area (Å²) in [5, 5.41) is 1.07. The van der Waals surface area contributed by atoms with Crippen molar-refractivity contribution in [2.45, 2.75) is 13.0 Å². The van der Waals surface area contributed by atoms with Gasteiger partial charge in [0.25, 0.3) is 0 Å². The molecule has 0 spiro atoms. The minimum atomic E-state index is -0.202. The molecule has 0 aliphatic carbocycles. The van der Waals surface area contributed by atoms with Gasteiger partial charge in [-0.05, 0) is 36.8 Å². The molecule has 2 heterocycles. The highest BCUT2D eigenvalue weighted by Crippen LogP contribution is 2.37. The van der Waals surface area contributed by atoms with Crippen LogP contribution in [0.5, 0.6) is 0 Å². The third kappa shape index (κ3) is 2.91. The van der Waals surface area contributed by atoms with Crippen LogP contribution in [0.25, 0.3) is 10.9 Å². The van der Waals surface area contributed by atoms with Gasteiger partial charge in [-0.15, -0.1) is 11.3 Å². The van der Waals surface area contributed by atoms with Crippen molar-refractivity contribution in [1.82, 2.24) is 10.4 Å². The highest BCUT2D eigenvalue weighted by Gasteiger charge is 2.18. The van der Waals surface area contributed by atoms with Crippen molar-refractivity contribution in [2.75, 3.05) is 0 Å². The van der Waals surface area contributed by atoms with E-state index in [2.05, 4.69) is 22.5 Å². The summed E-state index contributed by atoms with van der Waals surface area (Å²) in [6.07, 6.45) is 0. The van der Waals surface area contributed by atoms with Crippen molar-refractivity contribution in [1.29, 1.82) is 0 Å². The van der Waals surface area contributed by atoms with Gasteiger partial charge >= 0.3 is 0 Å². The van der Waals surface area contributed by atoms with Gasteiger partial charge in [0.2, 0.25) is 0 Å². The number of benzene rings is 1. The molecule has 108 valence electrons. The van der Waals surface area contributed by atoms with Gasteiger partial charge in [-0.2, -0.15) is 0 Å². The molecule has 0 aliphatic rings. The number of fused-ring (bicyclic) bond motifs is 1. The van der Waals surface area contributed by atoms with Crippen molar-refractivity contribution in [3.8, 4) is 0 Å². The molecule has 0 fully saturated rings. The summed E-state index contributed by atoms with van der Waals surface area (Å²) in [5.74, 6) is 5.72. The van der Waals surface area contributed by atoms with Gasteiger partial charge in [-0.3, -0.25) is 10.8 Å². The van der Waals surface area contributed by atoms with Crippen LogP contribution in [0.4, 0.5) is 0 Å². The Morgan fingerprint density at radius 2 is 2.00 bits per heavy atom. The van der Waals surface area contributed by atoms with Crippen LogP contribution in [-0.4, -0.2) is 4.98 Å². The Bertz CT molecular complexity index is 801. The van der Waals surface area contributed by atoms with E-state index in [9.17, 15) is 0 Å². The maximum Gasteiger partial charge on any atom is 0.0995 e. The number of aromatic nitrogens is 1. The molecular weight excluding hydrogens is 325 g/mol. The average Bonchev–Trinajstić information content (AvgIpc) is 2.79. The molecule has 0 saturated heterocycles. The first-order valence-electron chi connectivity index (χ1n) is 6.36. The first kappa shape index (κ1) is 14.8. The van der Waals surface area contributed by atoms with Crippen LogP contribution in [0.3, 0.4) is 0 Å². The van der Waals surface area contributed by atoms with Crippen LogP contribution in [0.15, 0.2) is 36.4 Å². The van der Waals surface area contributed by atoms with Crippen LogP contribution in [0.1, 0.15) is 22.9 Å². The number of nitrogens with zero attached hydrogens (tertiary/aromatic N) is 1. The highest BCUT2D eigenvalue weighted by atomic mass is 35.5. The second-order valence-corrected chi connectivity index (χ2v) is 7.07. The van der Waals surface area contributed by atoms with Crippen molar-refractivity contribution >= 4 is 45.4 Å². The van der Waals surface area contributed by atoms with E-state index in [1.54, 1.807) is 0 Å². The van der Waals surface area contributed by atoms with Crippen molar-refractivity contribution in [3.05, 3.63) is 61.9 Å². The zero-order chi connectivity index (χ0) is 15.0. The first-order chi connectivity index (χ1) is 10.1. The molecular formula is C15H13Cl2N3S. The quantitative estimate of drug-likeness (QED) is 0.547. The molecule has 1 aromatic carbocycles. The molecule has 2 aromatic heterocycles. The molecule has 1 atom stereocenters. The minimum Gasteiger partial charge on any atom is -0.271 e. The second-order valence-electron chi connectivity index (χ2n) is 4.78. The normalized spacial score (nSPS) is 12.8. The van der Waals surface area contributed by atoms with E-state index in [-0.39, 0.29) is 6.04 Å². The van der Waals surface area contributed by atoms with Gasteiger partial charge in [0.1, 0.15) is 0 Å². The average molecular weight is 338 g/mol. The number of rotatable bonds is 3. The summed E-state index contributed by atoms with van der Waals surface area (Å²) in [6, 6.07) is 11.7. The number of hydrazine groups is 1. The highest BCUT2D eigenvalue weighted by molar-refractivity contribution is 7.20. The van der Waals surface area contributed by atoms with Gasteiger partial charge in [-0.25, -0.2) is 5.43 Å². The second kappa shape index (κ2) is 5.91. The van der Waals surface area contributed by atoms with Crippen LogP contribution in [-0.2, 0) is 0 Å². The SMILES string of the molecule is Cc1ccc2cc(C(NN)c3cc(Cl)sc3Cl)ccc2n1. The summed E-state index contributed by atoms with van der Waals surface area (Å²) in [7, 11) is 0. The number of hydrogen-bond donors (Lipinski definition) is 2. The van der Waals surface area contributed by atoms with E-state index >= 15 is 0 Å². The number of aryl methyl sites for hydroxylation is 1. The van der Waals surface area contributed by atoms with E-state index in [1.807, 2.05) is 31.2 Å². The third-order valence-corrected chi connectivity index (χ3v) is 4.86. The first-order valence-corrected chi connectivity index (χ1v) is 7.94. The van der Waals surface area contributed by atoms with Crippen LogP contribution in [0, 0.1) is 6.92 Å². The van der Waals surface area contributed by atoms with Crippen LogP contribution in [0.2, 0.25) is 8.67 Å². The van der Waals surface area contributed by atoms with Crippen molar-refractivity contribution in [2.24, 2.45) is 5.84 Å². The Hall–Kier alpha value is -1.17. The number of nitrogens with one attached hydrogen (secondary N) is 1. The van der Waals surface area contributed by atoms with E-state index in [4.69, 9.17) is 29.0 Å². The minimum absolute atomic E-state index is 0.202. The fourth-order valence-corrected chi connectivity index (χ4v) is 3.87. The summed E-state index contributed by atoms with van der Waals surface area (Å²) in [5.41, 5.74) is 6.67. The summed E-state index contributed by atoms with van der Waals surface area (Å²) >= 11 is 13.6. The molecule has 3 rings (SSSR count). The zero-order valence-electron chi connectivity index (χ0n) is 11.2. The fourth-order valence-electron chi connectivity index (χ4n) is 2.34. The third-order valence-electron chi connectivity index (χ3n) is 3.35. The summed E-state index contributed by atoms with van der Waals surface area (Å²) in [6.45, 7) is 1.98. The molecule has 0 aliphatic heterocycles. The van der Waals surface area contributed by atoms with Gasteiger partial charge in [0.05, 0.1) is 20.2 Å². The Morgan fingerprint density at radius 1 is 1.19 bits per heavy atom. The molecule has 0 bridgehead atoms. The lowest BCUT2D eigenvalue weighted by atomic mass is 10.00. The number of hydrogen-bond acceptors (Lipinski definition) is 4. The predicted molar refractivity (Wildman–Crippen MR) is 90.0 cm³/mol. The molecule has 3 aromatic rings. The standard InChI is InChI=1S/C15H13Cl2N3S/c1-8-2-3-9-6-10(4-5-12(9)19-8)14(20-18)11-7-13(16)21-15(11)17/h2-7,14,20H,18H2,1H3. The number of nitrogens with two attached hydrogens (primary N) is 1. The molecule has 3 N–H and O–H groups in total. The topological polar surface area (TPSA) is 50.9 Å². The molecule has 0 amide bonds. The monoisotopic (exact) mass is 337 g/mol. The fraction of sp³-hybridized carbons (Fsp3) is 0.133. The van der Waals surface area contributed by atoms with E-state index in [1.165, 1.54) is 11.3 Å². The van der Waals surface area contributed by atoms with E-state index in [0.29, 0.717) is 8.67 Å². The lowest BCUT2D eigenvalue weighted by Crippen LogP contribution is -2.28. The number of pyridine rings is 1. The Morgan fingerprint density at radius 3 is 2.67 bits per heavy atom. The van der Waals surface area contributed by atoms with Crippen molar-refractivity contribution < 1.29 is 0 Å². The zero-order valence-corrected chi connectivity index (χ0v) is 13.6. The molecule has 1 unspecified atom stereocenters. The van der Waals surface area contributed by atoms with E-state index in [0.717, 1.165) is 27.7 Å². The predicted octanol–water partition coefficient (Wildman–Crippen LogP) is 4.46. The van der Waals surface area contributed by atoms with Gasteiger partial charge in [0.15, 0.2) is 0 Å². The Kier molecular flexibility index (Phi) is 4.15. The van der Waals surface area contributed by atoms with Crippen molar-refractivity contribution in [3.63, 3.8) is 0 Å². The smallest absolute Gasteiger partial charge is 0.0995 e. The summed E-state index contributed by atoms with van der Waals surface area (Å²) in [4.78, 5) is 4.50. The van der Waals surface area contributed by atoms with Gasteiger partial charge in [-0.1, -0.05) is 35.3 Å². The Labute approximate surface area is 136 Å². The maximum absolute atomic E-state index is 6.23. The number of halogens is 2. The molecule has 0 saturated carbocycles. The largest absolute Gasteiger partial charge is 0.271 e.